The van der Waals surface area contributed by atoms with Crippen molar-refractivity contribution in [3.05, 3.63) is 23.7 Å². The maximum atomic E-state index is 11.8. The standard InChI is InChI=1S/C11H18N2O2/c1-8(2)7-13(3)11(14)10-5-4-9(6-12)15-10/h4-5,8H,6-7,12H2,1-3H3. The average Bonchev–Trinajstić information content (AvgIpc) is 2.63. The van der Waals surface area contributed by atoms with Crippen LogP contribution in [0.1, 0.15) is 30.2 Å². The number of nitrogens with zero attached hydrogens (tertiary/aromatic N) is 1. The highest BCUT2D eigenvalue weighted by atomic mass is 16.4. The highest BCUT2D eigenvalue weighted by Gasteiger charge is 2.16. The highest BCUT2D eigenvalue weighted by molar-refractivity contribution is 5.91. The van der Waals surface area contributed by atoms with Crippen LogP contribution in [0.2, 0.25) is 0 Å². The number of nitrogens with two attached hydrogens (primary N) is 1. The molecule has 0 aliphatic rings. The first-order valence-electron chi connectivity index (χ1n) is 5.08. The third kappa shape index (κ3) is 3.09. The summed E-state index contributed by atoms with van der Waals surface area (Å²) in [6.45, 7) is 5.17. The summed E-state index contributed by atoms with van der Waals surface area (Å²) >= 11 is 0. The third-order valence-corrected chi connectivity index (χ3v) is 2.06. The molecule has 0 unspecified atom stereocenters. The first-order chi connectivity index (χ1) is 7.04. The molecule has 15 heavy (non-hydrogen) atoms. The molecule has 0 atom stereocenters. The molecule has 1 aromatic heterocycles. The first-order valence-corrected chi connectivity index (χ1v) is 5.08. The average molecular weight is 210 g/mol. The van der Waals surface area contributed by atoms with E-state index in [1.807, 2.05) is 0 Å². The predicted octanol–water partition coefficient (Wildman–Crippen LogP) is 1.47. The Morgan fingerprint density at radius 2 is 2.20 bits per heavy atom. The smallest absolute Gasteiger partial charge is 0.289 e. The fraction of sp³-hybridized carbons (Fsp3) is 0.545. The van der Waals surface area contributed by atoms with Gasteiger partial charge in [0.25, 0.3) is 5.91 Å². The first kappa shape index (κ1) is 11.8. The van der Waals surface area contributed by atoms with Gasteiger partial charge in [0.1, 0.15) is 5.76 Å². The Labute approximate surface area is 90.0 Å². The van der Waals surface area contributed by atoms with E-state index < -0.39 is 0 Å². The van der Waals surface area contributed by atoms with Gasteiger partial charge in [-0.25, -0.2) is 0 Å². The molecule has 0 bridgehead atoms. The zero-order chi connectivity index (χ0) is 11.4. The second-order valence-corrected chi connectivity index (χ2v) is 4.05. The lowest BCUT2D eigenvalue weighted by Gasteiger charge is -2.17. The molecule has 1 amide bonds. The van der Waals surface area contributed by atoms with Crippen molar-refractivity contribution in [1.82, 2.24) is 4.90 Å². The molecule has 0 aliphatic carbocycles. The van der Waals surface area contributed by atoms with Crippen molar-refractivity contribution in [2.24, 2.45) is 11.7 Å². The van der Waals surface area contributed by atoms with Crippen LogP contribution in [0, 0.1) is 5.92 Å². The van der Waals surface area contributed by atoms with Gasteiger partial charge >= 0.3 is 0 Å². The van der Waals surface area contributed by atoms with Gasteiger partial charge < -0.3 is 15.1 Å². The molecule has 0 fully saturated rings. The molecule has 1 aromatic rings. The highest BCUT2D eigenvalue weighted by Crippen LogP contribution is 2.10. The van der Waals surface area contributed by atoms with Crippen LogP contribution in [-0.4, -0.2) is 24.4 Å². The monoisotopic (exact) mass is 210 g/mol. The van der Waals surface area contributed by atoms with Crippen molar-refractivity contribution in [2.45, 2.75) is 20.4 Å². The molecule has 2 N–H and O–H groups in total. The fourth-order valence-corrected chi connectivity index (χ4v) is 1.42. The molecule has 84 valence electrons. The second kappa shape index (κ2) is 4.98. The van der Waals surface area contributed by atoms with Crippen molar-refractivity contribution >= 4 is 5.91 Å². The molecule has 4 heteroatoms. The molecule has 0 aromatic carbocycles. The van der Waals surface area contributed by atoms with Crippen LogP contribution < -0.4 is 5.73 Å². The summed E-state index contributed by atoms with van der Waals surface area (Å²) in [5, 5.41) is 0. The molecule has 1 heterocycles. The van der Waals surface area contributed by atoms with Crippen LogP contribution in [0.4, 0.5) is 0 Å². The van der Waals surface area contributed by atoms with E-state index >= 15 is 0 Å². The van der Waals surface area contributed by atoms with Crippen LogP contribution in [0.3, 0.4) is 0 Å². The molecule has 1 rings (SSSR count). The van der Waals surface area contributed by atoms with Crippen molar-refractivity contribution < 1.29 is 9.21 Å². The number of hydrogen-bond acceptors (Lipinski definition) is 3. The van der Waals surface area contributed by atoms with Crippen LogP contribution in [0.5, 0.6) is 0 Å². The molecule has 0 radical (unpaired) electrons. The van der Waals surface area contributed by atoms with Crippen LogP contribution in [0.15, 0.2) is 16.5 Å². The van der Waals surface area contributed by atoms with Crippen LogP contribution >= 0.6 is 0 Å². The Morgan fingerprint density at radius 3 is 2.67 bits per heavy atom. The van der Waals surface area contributed by atoms with Crippen molar-refractivity contribution in [2.75, 3.05) is 13.6 Å². The Morgan fingerprint density at radius 1 is 1.53 bits per heavy atom. The lowest BCUT2D eigenvalue weighted by atomic mass is 10.2. The number of rotatable bonds is 4. The number of carbonyl (C=O) groups is 1. The van der Waals surface area contributed by atoms with E-state index in [2.05, 4.69) is 13.8 Å². The molecular formula is C11H18N2O2. The van der Waals surface area contributed by atoms with Gasteiger partial charge in [-0.1, -0.05) is 13.8 Å². The van der Waals surface area contributed by atoms with Gasteiger partial charge in [-0.15, -0.1) is 0 Å². The summed E-state index contributed by atoms with van der Waals surface area (Å²) in [6, 6.07) is 3.40. The molecule has 0 aliphatic heterocycles. The third-order valence-electron chi connectivity index (χ3n) is 2.06. The van der Waals surface area contributed by atoms with E-state index in [0.29, 0.717) is 24.0 Å². The van der Waals surface area contributed by atoms with E-state index in [1.165, 1.54) is 0 Å². The van der Waals surface area contributed by atoms with Crippen LogP contribution in [-0.2, 0) is 6.54 Å². The molecule has 0 spiro atoms. The minimum Gasteiger partial charge on any atom is -0.455 e. The zero-order valence-corrected chi connectivity index (χ0v) is 9.49. The van der Waals surface area contributed by atoms with Gasteiger partial charge in [-0.05, 0) is 18.1 Å². The van der Waals surface area contributed by atoms with Gasteiger partial charge in [-0.3, -0.25) is 4.79 Å². The van der Waals surface area contributed by atoms with Crippen molar-refractivity contribution in [3.8, 4) is 0 Å². The summed E-state index contributed by atoms with van der Waals surface area (Å²) in [5.74, 6) is 1.35. The maximum absolute atomic E-state index is 11.8. The van der Waals surface area contributed by atoms with Gasteiger partial charge in [0, 0.05) is 13.6 Å². The number of furan rings is 1. The van der Waals surface area contributed by atoms with Crippen molar-refractivity contribution in [3.63, 3.8) is 0 Å². The van der Waals surface area contributed by atoms with E-state index in [0.717, 1.165) is 6.54 Å². The van der Waals surface area contributed by atoms with E-state index in [-0.39, 0.29) is 5.91 Å². The van der Waals surface area contributed by atoms with Gasteiger partial charge in [0.2, 0.25) is 0 Å². The lowest BCUT2D eigenvalue weighted by molar-refractivity contribution is 0.0745. The topological polar surface area (TPSA) is 59.5 Å². The number of amides is 1. The van der Waals surface area contributed by atoms with E-state index in [9.17, 15) is 4.79 Å². The molecular weight excluding hydrogens is 192 g/mol. The molecule has 4 nitrogen and oxygen atoms in total. The Bertz CT molecular complexity index is 331. The van der Waals surface area contributed by atoms with Gasteiger partial charge in [-0.2, -0.15) is 0 Å². The Balaban J connectivity index is 2.67. The second-order valence-electron chi connectivity index (χ2n) is 4.05. The normalized spacial score (nSPS) is 10.7. The van der Waals surface area contributed by atoms with Crippen LogP contribution in [0.25, 0.3) is 0 Å². The molecule has 0 saturated carbocycles. The largest absolute Gasteiger partial charge is 0.455 e. The summed E-state index contributed by atoms with van der Waals surface area (Å²) < 4.78 is 5.28. The Kier molecular flexibility index (Phi) is 3.91. The predicted molar refractivity (Wildman–Crippen MR) is 58.4 cm³/mol. The summed E-state index contributed by atoms with van der Waals surface area (Å²) in [7, 11) is 1.77. The number of carbonyl (C=O) groups excluding carboxylic acids is 1. The van der Waals surface area contributed by atoms with E-state index in [4.69, 9.17) is 10.2 Å². The summed E-state index contributed by atoms with van der Waals surface area (Å²) in [5.41, 5.74) is 5.40. The minimum absolute atomic E-state index is 0.0941. The fourth-order valence-electron chi connectivity index (χ4n) is 1.42. The van der Waals surface area contributed by atoms with E-state index in [1.54, 1.807) is 24.1 Å². The van der Waals surface area contributed by atoms with Gasteiger partial charge in [0.15, 0.2) is 5.76 Å². The zero-order valence-electron chi connectivity index (χ0n) is 9.49. The van der Waals surface area contributed by atoms with Crippen molar-refractivity contribution in [1.29, 1.82) is 0 Å². The van der Waals surface area contributed by atoms with Gasteiger partial charge in [0.05, 0.1) is 6.54 Å². The quantitative estimate of drug-likeness (QED) is 0.818. The maximum Gasteiger partial charge on any atom is 0.289 e. The Hall–Kier alpha value is -1.29. The summed E-state index contributed by atoms with van der Waals surface area (Å²) in [6.07, 6.45) is 0. The minimum atomic E-state index is -0.0941. The summed E-state index contributed by atoms with van der Waals surface area (Å²) in [4.78, 5) is 13.5. The molecule has 0 saturated heterocycles. The number of hydrogen-bond donors (Lipinski definition) is 1. The SMILES string of the molecule is CC(C)CN(C)C(=O)c1ccc(CN)o1. The lowest BCUT2D eigenvalue weighted by Crippen LogP contribution is -2.29.